The van der Waals surface area contributed by atoms with Gasteiger partial charge in [0.05, 0.1) is 0 Å². The molecule has 0 spiro atoms. The van der Waals surface area contributed by atoms with Gasteiger partial charge in [-0.2, -0.15) is 0 Å². The van der Waals surface area contributed by atoms with Crippen LogP contribution in [0.25, 0.3) is 0 Å². The molecule has 0 bridgehead atoms. The van der Waals surface area contributed by atoms with Gasteiger partial charge in [-0.15, -0.1) is 0 Å². The lowest BCUT2D eigenvalue weighted by Gasteiger charge is -2.07. The summed E-state index contributed by atoms with van der Waals surface area (Å²) in [4.78, 5) is 28.3. The second-order valence-electron chi connectivity index (χ2n) is 5.65. The van der Waals surface area contributed by atoms with Crippen LogP contribution in [0.2, 0.25) is 0 Å². The third-order valence-electron chi connectivity index (χ3n) is 3.73. The normalized spacial score (nSPS) is 10.5. The predicted octanol–water partition coefficient (Wildman–Crippen LogP) is 2.76. The molecule has 0 saturated heterocycles. The SMILES string of the molecule is Cn1cccc(C(=O)Nc2ccc(Cc3cccc(F)c3)cn2)c1=O. The molecule has 1 N–H and O–H groups in total. The molecule has 0 fully saturated rings. The average Bonchev–Trinajstić information content (AvgIpc) is 2.59. The Labute approximate surface area is 143 Å². The lowest BCUT2D eigenvalue weighted by Crippen LogP contribution is -2.27. The number of nitrogens with one attached hydrogen (secondary N) is 1. The fourth-order valence-corrected chi connectivity index (χ4v) is 2.44. The third kappa shape index (κ3) is 3.98. The van der Waals surface area contributed by atoms with E-state index in [9.17, 15) is 14.0 Å². The van der Waals surface area contributed by atoms with Crippen molar-refractivity contribution in [3.05, 3.63) is 93.8 Å². The Kier molecular flexibility index (Phi) is 4.70. The highest BCUT2D eigenvalue weighted by atomic mass is 19.1. The zero-order valence-corrected chi connectivity index (χ0v) is 13.6. The van der Waals surface area contributed by atoms with E-state index in [1.165, 1.54) is 22.8 Å². The van der Waals surface area contributed by atoms with E-state index >= 15 is 0 Å². The van der Waals surface area contributed by atoms with Gasteiger partial charge >= 0.3 is 0 Å². The summed E-state index contributed by atoms with van der Waals surface area (Å²) < 4.78 is 14.5. The molecular weight excluding hydrogens is 321 g/mol. The van der Waals surface area contributed by atoms with E-state index < -0.39 is 5.91 Å². The van der Waals surface area contributed by atoms with Crippen LogP contribution in [0.3, 0.4) is 0 Å². The second kappa shape index (κ2) is 7.09. The maximum Gasteiger partial charge on any atom is 0.263 e. The molecule has 25 heavy (non-hydrogen) atoms. The number of aromatic nitrogens is 2. The highest BCUT2D eigenvalue weighted by Gasteiger charge is 2.11. The molecule has 0 aliphatic carbocycles. The Bertz CT molecular complexity index is 965. The van der Waals surface area contributed by atoms with Crippen LogP contribution in [0.4, 0.5) is 10.2 Å². The largest absolute Gasteiger partial charge is 0.318 e. The summed E-state index contributed by atoms with van der Waals surface area (Å²) in [5.41, 5.74) is 1.41. The minimum Gasteiger partial charge on any atom is -0.318 e. The van der Waals surface area contributed by atoms with Crippen molar-refractivity contribution in [3.63, 3.8) is 0 Å². The summed E-state index contributed by atoms with van der Waals surface area (Å²) in [6.45, 7) is 0. The number of nitrogens with zero attached hydrogens (tertiary/aromatic N) is 2. The summed E-state index contributed by atoms with van der Waals surface area (Å²) in [6.07, 6.45) is 3.74. The second-order valence-corrected chi connectivity index (χ2v) is 5.65. The Morgan fingerprint density at radius 2 is 2.00 bits per heavy atom. The lowest BCUT2D eigenvalue weighted by atomic mass is 10.1. The zero-order chi connectivity index (χ0) is 17.8. The van der Waals surface area contributed by atoms with Gasteiger partial charge < -0.3 is 9.88 Å². The van der Waals surface area contributed by atoms with Crippen LogP contribution < -0.4 is 10.9 Å². The Balaban J connectivity index is 1.71. The van der Waals surface area contributed by atoms with Crippen LogP contribution >= 0.6 is 0 Å². The number of hydrogen-bond acceptors (Lipinski definition) is 3. The van der Waals surface area contributed by atoms with E-state index in [2.05, 4.69) is 10.3 Å². The number of aryl methyl sites for hydroxylation is 1. The van der Waals surface area contributed by atoms with Crippen LogP contribution in [-0.4, -0.2) is 15.5 Å². The fraction of sp³-hybridized carbons (Fsp3) is 0.105. The smallest absolute Gasteiger partial charge is 0.263 e. The highest BCUT2D eigenvalue weighted by Crippen LogP contribution is 2.12. The van der Waals surface area contributed by atoms with Crippen LogP contribution in [0, 0.1) is 5.82 Å². The summed E-state index contributed by atoms with van der Waals surface area (Å²) in [5.74, 6) is -0.440. The molecule has 5 nitrogen and oxygen atoms in total. The number of amides is 1. The molecule has 0 aliphatic rings. The summed E-state index contributed by atoms with van der Waals surface area (Å²) >= 11 is 0. The molecule has 3 aromatic rings. The molecule has 2 heterocycles. The van der Waals surface area contributed by atoms with E-state index in [-0.39, 0.29) is 16.9 Å². The van der Waals surface area contributed by atoms with Crippen molar-refractivity contribution in [2.75, 3.05) is 5.32 Å². The van der Waals surface area contributed by atoms with Gasteiger partial charge in [0.2, 0.25) is 0 Å². The summed E-state index contributed by atoms with van der Waals surface area (Å²) in [7, 11) is 1.58. The summed E-state index contributed by atoms with van der Waals surface area (Å²) in [6, 6.07) is 12.9. The van der Waals surface area contributed by atoms with E-state index in [0.717, 1.165) is 11.1 Å². The molecule has 3 rings (SSSR count). The first-order valence-corrected chi connectivity index (χ1v) is 7.69. The Morgan fingerprint density at radius 3 is 2.72 bits per heavy atom. The van der Waals surface area contributed by atoms with Crippen molar-refractivity contribution >= 4 is 11.7 Å². The number of halogens is 1. The van der Waals surface area contributed by atoms with Crippen LogP contribution in [0.1, 0.15) is 21.5 Å². The number of pyridine rings is 2. The average molecular weight is 337 g/mol. The molecule has 0 saturated carbocycles. The van der Waals surface area contributed by atoms with Gasteiger partial charge in [0, 0.05) is 19.4 Å². The molecule has 1 amide bonds. The van der Waals surface area contributed by atoms with Crippen molar-refractivity contribution in [2.45, 2.75) is 6.42 Å². The molecule has 0 atom stereocenters. The van der Waals surface area contributed by atoms with E-state index in [4.69, 9.17) is 0 Å². The van der Waals surface area contributed by atoms with E-state index in [1.807, 2.05) is 6.07 Å². The number of anilines is 1. The molecule has 126 valence electrons. The number of rotatable bonds is 4. The summed E-state index contributed by atoms with van der Waals surface area (Å²) in [5, 5.41) is 2.60. The topological polar surface area (TPSA) is 64.0 Å². The van der Waals surface area contributed by atoms with E-state index in [0.29, 0.717) is 12.2 Å². The number of hydrogen-bond donors (Lipinski definition) is 1. The first kappa shape index (κ1) is 16.6. The van der Waals surface area contributed by atoms with Crippen molar-refractivity contribution < 1.29 is 9.18 Å². The van der Waals surface area contributed by atoms with Gasteiger partial charge in [-0.1, -0.05) is 18.2 Å². The first-order valence-electron chi connectivity index (χ1n) is 7.69. The number of carbonyl (C=O) groups excluding carboxylic acids is 1. The standard InChI is InChI=1S/C19H16FN3O2/c1-23-9-3-6-16(19(23)25)18(24)22-17-8-7-14(12-21-17)10-13-4-2-5-15(20)11-13/h2-9,11-12H,10H2,1H3,(H,21,22,24). The fourth-order valence-electron chi connectivity index (χ4n) is 2.44. The molecule has 0 radical (unpaired) electrons. The minimum atomic E-state index is -0.508. The molecule has 0 aliphatic heterocycles. The maximum absolute atomic E-state index is 13.2. The van der Waals surface area contributed by atoms with Gasteiger partial charge in [-0.3, -0.25) is 9.59 Å². The van der Waals surface area contributed by atoms with Crippen molar-refractivity contribution in [1.82, 2.24) is 9.55 Å². The van der Waals surface area contributed by atoms with Crippen molar-refractivity contribution in [1.29, 1.82) is 0 Å². The molecule has 1 aromatic carbocycles. The van der Waals surface area contributed by atoms with Gasteiger partial charge in [0.1, 0.15) is 17.2 Å². The highest BCUT2D eigenvalue weighted by molar-refractivity contribution is 6.03. The minimum absolute atomic E-state index is 0.0515. The quantitative estimate of drug-likeness (QED) is 0.796. The van der Waals surface area contributed by atoms with Gasteiger partial charge in [0.25, 0.3) is 11.5 Å². The Morgan fingerprint density at radius 1 is 1.16 bits per heavy atom. The van der Waals surface area contributed by atoms with Gasteiger partial charge in [-0.25, -0.2) is 9.37 Å². The lowest BCUT2D eigenvalue weighted by molar-refractivity contribution is 0.102. The van der Waals surface area contributed by atoms with Crippen molar-refractivity contribution in [3.8, 4) is 0 Å². The number of benzene rings is 1. The van der Waals surface area contributed by atoms with Crippen LogP contribution in [-0.2, 0) is 13.5 Å². The van der Waals surface area contributed by atoms with Crippen molar-refractivity contribution in [2.24, 2.45) is 7.05 Å². The van der Waals surface area contributed by atoms with Crippen LogP contribution in [0.15, 0.2) is 65.7 Å². The first-order chi connectivity index (χ1) is 12.0. The van der Waals surface area contributed by atoms with E-state index in [1.54, 1.807) is 43.7 Å². The predicted molar refractivity (Wildman–Crippen MR) is 93.1 cm³/mol. The zero-order valence-electron chi connectivity index (χ0n) is 13.6. The number of carbonyl (C=O) groups is 1. The van der Waals surface area contributed by atoms with Gasteiger partial charge in [-0.05, 0) is 47.9 Å². The van der Waals surface area contributed by atoms with Crippen LogP contribution in [0.5, 0.6) is 0 Å². The molecular formula is C19H16FN3O2. The monoisotopic (exact) mass is 337 g/mol. The third-order valence-corrected chi connectivity index (χ3v) is 3.73. The molecule has 2 aromatic heterocycles. The molecule has 6 heteroatoms. The van der Waals surface area contributed by atoms with Gasteiger partial charge in [0.15, 0.2) is 0 Å². The maximum atomic E-state index is 13.2. The Hall–Kier alpha value is -3.28. The molecule has 0 unspecified atom stereocenters.